The van der Waals surface area contributed by atoms with Crippen LogP contribution < -0.4 is 5.09 Å². The van der Waals surface area contributed by atoms with E-state index in [4.69, 9.17) is 9.79 Å². The number of carbonyl (C=O) groups is 1. The molecule has 0 amide bonds. The molecular formula is C16H20NO6P. The first-order valence-electron chi connectivity index (χ1n) is 7.40. The summed E-state index contributed by atoms with van der Waals surface area (Å²) in [7, 11) is -4.57. The molecule has 7 nitrogen and oxygen atoms in total. The van der Waals surface area contributed by atoms with Gasteiger partial charge in [0, 0.05) is 11.3 Å². The molecule has 5 N–H and O–H groups in total. The Morgan fingerprint density at radius 2 is 1.83 bits per heavy atom. The highest BCUT2D eigenvalue weighted by Crippen LogP contribution is 2.35. The zero-order valence-corrected chi connectivity index (χ0v) is 14.0. The molecule has 24 heavy (non-hydrogen) atoms. The van der Waals surface area contributed by atoms with Gasteiger partial charge in [0.1, 0.15) is 5.75 Å². The van der Waals surface area contributed by atoms with E-state index in [0.29, 0.717) is 12.0 Å². The highest BCUT2D eigenvalue weighted by molar-refractivity contribution is 7.49. The smallest absolute Gasteiger partial charge is 0.427 e. The fourth-order valence-corrected chi connectivity index (χ4v) is 3.17. The molecule has 1 aromatic carbocycles. The number of ketones is 1. The molecule has 0 saturated heterocycles. The Morgan fingerprint density at radius 1 is 1.21 bits per heavy atom. The number of rotatable bonds is 6. The molecule has 8 heteroatoms. The van der Waals surface area contributed by atoms with E-state index >= 15 is 0 Å². The summed E-state index contributed by atoms with van der Waals surface area (Å²) < 4.78 is 11.2. The Balaban J connectivity index is 2.18. The largest absolute Gasteiger partial charge is 0.508 e. The molecule has 2 rings (SSSR count). The van der Waals surface area contributed by atoms with Gasteiger partial charge in [0.05, 0.1) is 12.5 Å². The van der Waals surface area contributed by atoms with Gasteiger partial charge in [-0.05, 0) is 36.1 Å². The maximum atomic E-state index is 11.5. The van der Waals surface area contributed by atoms with Crippen molar-refractivity contribution in [2.45, 2.75) is 31.8 Å². The van der Waals surface area contributed by atoms with Gasteiger partial charge >= 0.3 is 7.75 Å². The summed E-state index contributed by atoms with van der Waals surface area (Å²) >= 11 is 0. The lowest BCUT2D eigenvalue weighted by Crippen LogP contribution is -2.23. The van der Waals surface area contributed by atoms with Crippen molar-refractivity contribution in [2.24, 2.45) is 0 Å². The molecular weight excluding hydrogens is 333 g/mol. The van der Waals surface area contributed by atoms with Crippen molar-refractivity contribution < 1.29 is 29.4 Å². The van der Waals surface area contributed by atoms with Gasteiger partial charge in [-0.25, -0.2) is 4.57 Å². The third kappa shape index (κ3) is 5.04. The lowest BCUT2D eigenvalue weighted by atomic mass is 9.89. The van der Waals surface area contributed by atoms with Gasteiger partial charge in [-0.2, -0.15) is 0 Å². The van der Waals surface area contributed by atoms with Crippen LogP contribution in [0.4, 0.5) is 0 Å². The molecule has 2 atom stereocenters. The molecule has 1 aliphatic rings. The second kappa shape index (κ2) is 7.32. The molecule has 0 heterocycles. The lowest BCUT2D eigenvalue weighted by Gasteiger charge is -2.23. The van der Waals surface area contributed by atoms with Gasteiger partial charge in [-0.1, -0.05) is 25.1 Å². The van der Waals surface area contributed by atoms with Crippen LogP contribution in [0.25, 0.3) is 0 Å². The number of aliphatic hydroxyl groups is 1. The minimum atomic E-state index is -4.57. The quantitative estimate of drug-likeness (QED) is 0.493. The van der Waals surface area contributed by atoms with Crippen LogP contribution in [0, 0.1) is 0 Å². The van der Waals surface area contributed by atoms with Crippen LogP contribution in [0.2, 0.25) is 0 Å². The van der Waals surface area contributed by atoms with E-state index in [-0.39, 0.29) is 29.6 Å². The number of phenols is 1. The summed E-state index contributed by atoms with van der Waals surface area (Å²) in [4.78, 5) is 29.6. The monoisotopic (exact) mass is 353 g/mol. The van der Waals surface area contributed by atoms with Gasteiger partial charge in [0.2, 0.25) is 0 Å². The summed E-state index contributed by atoms with van der Waals surface area (Å²) in [6, 6.07) is 6.60. The molecule has 1 aromatic rings. The summed E-state index contributed by atoms with van der Waals surface area (Å²) in [5.41, 5.74) is 1.25. The zero-order valence-electron chi connectivity index (χ0n) is 13.1. The molecule has 1 aliphatic carbocycles. The van der Waals surface area contributed by atoms with Crippen LogP contribution in [0.1, 0.15) is 31.2 Å². The fraction of sp³-hybridized carbons (Fsp3) is 0.312. The van der Waals surface area contributed by atoms with E-state index in [9.17, 15) is 19.6 Å². The van der Waals surface area contributed by atoms with E-state index in [1.165, 1.54) is 12.2 Å². The second-order valence-corrected chi connectivity index (χ2v) is 7.12. The average Bonchev–Trinajstić information content (AvgIpc) is 2.46. The van der Waals surface area contributed by atoms with E-state index in [2.05, 4.69) is 0 Å². The van der Waals surface area contributed by atoms with Crippen molar-refractivity contribution >= 4 is 13.5 Å². The standard InChI is InChI=1S/C16H20NO6P/c1-10(11-2-4-12(18)5-3-11)8-16(20)14-7-6-13(19)9-15(14)17-24(21,22)23/h2-7,10,16,18,20H,8-9H2,1H3,(H3,17,21,22,23). The van der Waals surface area contributed by atoms with Crippen LogP contribution in [-0.2, 0) is 9.36 Å². The van der Waals surface area contributed by atoms with Crippen molar-refractivity contribution in [1.29, 1.82) is 0 Å². The third-order valence-electron chi connectivity index (χ3n) is 3.83. The molecule has 0 aromatic heterocycles. The van der Waals surface area contributed by atoms with E-state index in [1.54, 1.807) is 24.3 Å². The first kappa shape index (κ1) is 18.4. The van der Waals surface area contributed by atoms with Gasteiger partial charge in [-0.15, -0.1) is 0 Å². The number of aromatic hydroxyl groups is 1. The minimum absolute atomic E-state index is 0.0428. The van der Waals surface area contributed by atoms with Crippen molar-refractivity contribution in [3.63, 3.8) is 0 Å². The molecule has 0 bridgehead atoms. The van der Waals surface area contributed by atoms with Gasteiger partial charge < -0.3 is 20.0 Å². The minimum Gasteiger partial charge on any atom is -0.508 e. The average molecular weight is 353 g/mol. The molecule has 130 valence electrons. The molecule has 0 aliphatic heterocycles. The van der Waals surface area contributed by atoms with Crippen LogP contribution >= 0.6 is 7.75 Å². The normalized spacial score (nSPS) is 17.8. The number of benzene rings is 1. The number of phenolic OH excluding ortho intramolecular Hbond substituents is 1. The Labute approximate surface area is 139 Å². The summed E-state index contributed by atoms with van der Waals surface area (Å²) in [6.07, 6.45) is 1.78. The van der Waals surface area contributed by atoms with E-state index in [0.717, 1.165) is 5.56 Å². The van der Waals surface area contributed by atoms with Gasteiger partial charge in [-0.3, -0.25) is 9.88 Å². The maximum Gasteiger partial charge on any atom is 0.427 e. The number of hydrogen-bond acceptors (Lipinski definition) is 4. The molecule has 0 fully saturated rings. The Kier molecular flexibility index (Phi) is 5.62. The van der Waals surface area contributed by atoms with Crippen molar-refractivity contribution in [3.8, 4) is 5.75 Å². The third-order valence-corrected chi connectivity index (χ3v) is 4.39. The SMILES string of the molecule is CC(CC(O)C1=C(NP(=O)(O)O)CC(=O)C=C1)c1ccc(O)cc1. The van der Waals surface area contributed by atoms with Crippen LogP contribution in [0.15, 0.2) is 47.7 Å². The predicted octanol–water partition coefficient (Wildman–Crippen LogP) is 1.71. The predicted molar refractivity (Wildman–Crippen MR) is 88.1 cm³/mol. The van der Waals surface area contributed by atoms with E-state index < -0.39 is 13.9 Å². The Morgan fingerprint density at radius 3 is 2.42 bits per heavy atom. The Hall–Kier alpha value is -1.92. The fourth-order valence-electron chi connectivity index (χ4n) is 2.61. The van der Waals surface area contributed by atoms with Gasteiger partial charge in [0.25, 0.3) is 0 Å². The molecule has 0 saturated carbocycles. The Bertz CT molecular complexity index is 719. The lowest BCUT2D eigenvalue weighted by molar-refractivity contribution is -0.114. The number of nitrogens with one attached hydrogen (secondary N) is 1. The number of allylic oxidation sites excluding steroid dienone is 2. The van der Waals surface area contributed by atoms with Crippen molar-refractivity contribution in [2.75, 3.05) is 0 Å². The molecule has 0 spiro atoms. The van der Waals surface area contributed by atoms with Crippen LogP contribution in [0.3, 0.4) is 0 Å². The number of aliphatic hydroxyl groups excluding tert-OH is 1. The number of carbonyl (C=O) groups excluding carboxylic acids is 1. The summed E-state index contributed by atoms with van der Waals surface area (Å²) in [5, 5.41) is 21.8. The first-order chi connectivity index (χ1) is 11.2. The molecule has 2 unspecified atom stereocenters. The molecule has 0 radical (unpaired) electrons. The van der Waals surface area contributed by atoms with Crippen molar-refractivity contribution in [1.82, 2.24) is 5.09 Å². The second-order valence-electron chi connectivity index (χ2n) is 5.81. The number of hydrogen-bond donors (Lipinski definition) is 5. The van der Waals surface area contributed by atoms with E-state index in [1.807, 2.05) is 12.0 Å². The van der Waals surface area contributed by atoms with Gasteiger partial charge in [0.15, 0.2) is 5.78 Å². The topological polar surface area (TPSA) is 127 Å². The maximum absolute atomic E-state index is 11.5. The van der Waals surface area contributed by atoms with Crippen LogP contribution in [-0.4, -0.2) is 31.9 Å². The van der Waals surface area contributed by atoms with Crippen LogP contribution in [0.5, 0.6) is 5.75 Å². The highest BCUT2D eigenvalue weighted by Gasteiger charge is 2.25. The first-order valence-corrected chi connectivity index (χ1v) is 9.01. The summed E-state index contributed by atoms with van der Waals surface area (Å²) in [6.45, 7) is 1.89. The summed E-state index contributed by atoms with van der Waals surface area (Å²) in [5.74, 6) is -0.208. The zero-order chi connectivity index (χ0) is 17.9. The highest BCUT2D eigenvalue weighted by atomic mass is 31.2. The van der Waals surface area contributed by atoms with Crippen molar-refractivity contribution in [3.05, 3.63) is 53.3 Å².